The Kier molecular flexibility index (Phi) is 9.18. The summed E-state index contributed by atoms with van der Waals surface area (Å²) in [5.74, 6) is 0.695. The molecule has 0 amide bonds. The minimum atomic E-state index is -0.579. The van der Waals surface area contributed by atoms with E-state index in [0.717, 1.165) is 61.1 Å². The van der Waals surface area contributed by atoms with Gasteiger partial charge in [-0.15, -0.1) is 0 Å². The van der Waals surface area contributed by atoms with Crippen molar-refractivity contribution in [1.29, 1.82) is 0 Å². The van der Waals surface area contributed by atoms with Crippen LogP contribution in [0.5, 0.6) is 0 Å². The summed E-state index contributed by atoms with van der Waals surface area (Å²) in [5, 5.41) is 2.25. The molecule has 3 nitrogen and oxygen atoms in total. The largest absolute Gasteiger partial charge is 0.456 e. The molecular formula is C61H50N2O. The molecule has 8 aromatic carbocycles. The third-order valence-electron chi connectivity index (χ3n) is 13.3. The number of nitrogens with zero attached hydrogens (tertiary/aromatic N) is 2. The molecule has 10 aromatic rings. The second-order valence-corrected chi connectivity index (χ2v) is 19.4. The van der Waals surface area contributed by atoms with Gasteiger partial charge in [-0.05, 0) is 96.8 Å². The molecule has 0 saturated carbocycles. The van der Waals surface area contributed by atoms with Gasteiger partial charge in [0, 0.05) is 27.5 Å². The maximum atomic E-state index is 6.13. The van der Waals surface area contributed by atoms with Crippen LogP contribution in [-0.4, -0.2) is 9.97 Å². The van der Waals surface area contributed by atoms with Gasteiger partial charge in [0.25, 0.3) is 0 Å². The molecule has 11 rings (SSSR count). The topological polar surface area (TPSA) is 38.9 Å². The molecule has 3 heteroatoms. The van der Waals surface area contributed by atoms with E-state index in [4.69, 9.17) is 14.4 Å². The monoisotopic (exact) mass is 826 g/mol. The third kappa shape index (κ3) is 6.57. The van der Waals surface area contributed by atoms with Crippen LogP contribution in [0.2, 0.25) is 0 Å². The Balaban J connectivity index is 1.09. The first-order valence-corrected chi connectivity index (χ1v) is 22.4. The van der Waals surface area contributed by atoms with Crippen molar-refractivity contribution >= 4 is 21.9 Å². The molecule has 0 bridgehead atoms. The molecule has 0 fully saturated rings. The first-order chi connectivity index (χ1) is 30.9. The van der Waals surface area contributed by atoms with Crippen LogP contribution in [0.15, 0.2) is 199 Å². The molecule has 0 spiro atoms. The Morgan fingerprint density at radius 1 is 0.375 bits per heavy atom. The standard InChI is InChI=1S/C61H50N2O/c1-59(2,3)44-18-14-20-46(36-44)61(47-21-15-19-45(37-47)60(4,5)6)52-24-12-10-22-48(52)49-32-30-43(35-53(49)61)55-38-54(62-58(63-55)41-16-8-7-9-17-41)40-28-26-39(27-29-40)42-31-33-57-51(34-42)50-23-11-13-25-56(50)64-57/h7-38H,1-6H3. The van der Waals surface area contributed by atoms with Crippen molar-refractivity contribution in [2.75, 3.05) is 0 Å². The van der Waals surface area contributed by atoms with Crippen LogP contribution in [0.1, 0.15) is 74.9 Å². The summed E-state index contributed by atoms with van der Waals surface area (Å²) in [6.45, 7) is 13.8. The molecule has 310 valence electrons. The number of para-hydroxylation sites is 1. The Morgan fingerprint density at radius 2 is 0.938 bits per heavy atom. The quantitative estimate of drug-likeness (QED) is 0.168. The number of fused-ring (bicyclic) bond motifs is 6. The zero-order valence-electron chi connectivity index (χ0n) is 37.3. The van der Waals surface area contributed by atoms with Gasteiger partial charge in [-0.2, -0.15) is 0 Å². The molecule has 0 aliphatic heterocycles. The van der Waals surface area contributed by atoms with Gasteiger partial charge in [-0.3, -0.25) is 0 Å². The van der Waals surface area contributed by atoms with Crippen molar-refractivity contribution in [2.24, 2.45) is 0 Å². The fourth-order valence-corrected chi connectivity index (χ4v) is 9.86. The van der Waals surface area contributed by atoms with E-state index in [1.807, 2.05) is 18.2 Å². The van der Waals surface area contributed by atoms with Gasteiger partial charge in [-0.25, -0.2) is 9.97 Å². The fourth-order valence-electron chi connectivity index (χ4n) is 9.86. The normalized spacial score (nSPS) is 13.3. The van der Waals surface area contributed by atoms with E-state index in [0.29, 0.717) is 5.82 Å². The van der Waals surface area contributed by atoms with Crippen LogP contribution in [0.3, 0.4) is 0 Å². The zero-order valence-corrected chi connectivity index (χ0v) is 37.3. The van der Waals surface area contributed by atoms with Gasteiger partial charge in [0.1, 0.15) is 11.2 Å². The predicted molar refractivity (Wildman–Crippen MR) is 266 cm³/mol. The minimum absolute atomic E-state index is 0.0288. The van der Waals surface area contributed by atoms with Gasteiger partial charge in [0.2, 0.25) is 0 Å². The second kappa shape index (κ2) is 14.9. The molecular weight excluding hydrogens is 777 g/mol. The van der Waals surface area contributed by atoms with Crippen molar-refractivity contribution in [2.45, 2.75) is 57.8 Å². The van der Waals surface area contributed by atoms with Crippen LogP contribution in [0.25, 0.3) is 78.1 Å². The fraction of sp³-hybridized carbons (Fsp3) is 0.148. The van der Waals surface area contributed by atoms with Crippen molar-refractivity contribution in [3.8, 4) is 56.2 Å². The lowest BCUT2D eigenvalue weighted by molar-refractivity contribution is 0.585. The maximum Gasteiger partial charge on any atom is 0.160 e. The lowest BCUT2D eigenvalue weighted by Crippen LogP contribution is -2.30. The first-order valence-electron chi connectivity index (χ1n) is 22.4. The van der Waals surface area contributed by atoms with Crippen LogP contribution in [0.4, 0.5) is 0 Å². The molecule has 1 aliphatic carbocycles. The Morgan fingerprint density at radius 3 is 1.64 bits per heavy atom. The van der Waals surface area contributed by atoms with Crippen LogP contribution >= 0.6 is 0 Å². The Hall–Kier alpha value is -7.36. The number of rotatable bonds is 6. The van der Waals surface area contributed by atoms with E-state index in [2.05, 4.69) is 217 Å². The highest BCUT2D eigenvalue weighted by Gasteiger charge is 2.47. The molecule has 0 saturated heterocycles. The Labute approximate surface area is 376 Å². The number of furan rings is 1. The summed E-state index contributed by atoms with van der Waals surface area (Å²) in [6.07, 6.45) is 0. The van der Waals surface area contributed by atoms with Gasteiger partial charge >= 0.3 is 0 Å². The average molecular weight is 827 g/mol. The second-order valence-electron chi connectivity index (χ2n) is 19.4. The molecule has 64 heavy (non-hydrogen) atoms. The molecule has 0 atom stereocenters. The maximum absolute atomic E-state index is 6.13. The predicted octanol–water partition coefficient (Wildman–Crippen LogP) is 16.0. The third-order valence-corrected chi connectivity index (χ3v) is 13.3. The number of aromatic nitrogens is 2. The first kappa shape index (κ1) is 39.5. The lowest BCUT2D eigenvalue weighted by atomic mass is 9.66. The number of benzene rings is 8. The minimum Gasteiger partial charge on any atom is -0.456 e. The summed E-state index contributed by atoms with van der Waals surface area (Å²) in [7, 11) is 0. The smallest absolute Gasteiger partial charge is 0.160 e. The summed E-state index contributed by atoms with van der Waals surface area (Å²) < 4.78 is 6.13. The Bertz CT molecular complexity index is 3340. The summed E-state index contributed by atoms with van der Waals surface area (Å²) in [4.78, 5) is 10.6. The molecule has 2 aromatic heterocycles. The summed E-state index contributed by atoms with van der Waals surface area (Å²) >= 11 is 0. The highest BCUT2D eigenvalue weighted by molar-refractivity contribution is 6.06. The van der Waals surface area contributed by atoms with Gasteiger partial charge < -0.3 is 4.42 Å². The van der Waals surface area contributed by atoms with Gasteiger partial charge in [0.05, 0.1) is 16.8 Å². The molecule has 0 N–H and O–H groups in total. The highest BCUT2D eigenvalue weighted by Crippen LogP contribution is 2.57. The van der Waals surface area contributed by atoms with Crippen LogP contribution in [0, 0.1) is 0 Å². The zero-order chi connectivity index (χ0) is 43.8. The van der Waals surface area contributed by atoms with Gasteiger partial charge in [0.15, 0.2) is 5.82 Å². The van der Waals surface area contributed by atoms with Crippen LogP contribution in [-0.2, 0) is 16.2 Å². The summed E-state index contributed by atoms with van der Waals surface area (Å²) in [5.41, 5.74) is 18.5. The van der Waals surface area contributed by atoms with Crippen molar-refractivity contribution in [3.05, 3.63) is 228 Å². The van der Waals surface area contributed by atoms with E-state index in [9.17, 15) is 0 Å². The summed E-state index contributed by atoms with van der Waals surface area (Å²) in [6, 6.07) is 70.6. The molecule has 2 heterocycles. The van der Waals surface area contributed by atoms with E-state index in [1.165, 1.54) is 44.5 Å². The molecule has 0 unspecified atom stereocenters. The molecule has 0 radical (unpaired) electrons. The lowest BCUT2D eigenvalue weighted by Gasteiger charge is -2.36. The number of hydrogen-bond acceptors (Lipinski definition) is 3. The van der Waals surface area contributed by atoms with Crippen molar-refractivity contribution < 1.29 is 4.42 Å². The molecule has 1 aliphatic rings. The van der Waals surface area contributed by atoms with Crippen LogP contribution < -0.4 is 0 Å². The van der Waals surface area contributed by atoms with E-state index in [-0.39, 0.29) is 10.8 Å². The highest BCUT2D eigenvalue weighted by atomic mass is 16.3. The van der Waals surface area contributed by atoms with Gasteiger partial charge in [-0.1, -0.05) is 205 Å². The van der Waals surface area contributed by atoms with Crippen molar-refractivity contribution in [3.63, 3.8) is 0 Å². The average Bonchev–Trinajstić information content (AvgIpc) is 3.84. The van der Waals surface area contributed by atoms with E-state index in [1.54, 1.807) is 0 Å². The van der Waals surface area contributed by atoms with Crippen molar-refractivity contribution in [1.82, 2.24) is 9.97 Å². The number of hydrogen-bond donors (Lipinski definition) is 0. The SMILES string of the molecule is CC(C)(C)c1cccc(C2(c3cccc(C(C)(C)C)c3)c3ccccc3-c3ccc(-c4cc(-c5ccc(-c6ccc7oc8ccccc8c7c6)cc5)nc(-c5ccccc5)n4)cc32)c1. The van der Waals surface area contributed by atoms with E-state index < -0.39 is 5.41 Å². The van der Waals surface area contributed by atoms with E-state index >= 15 is 0 Å².